The van der Waals surface area contributed by atoms with E-state index in [1.165, 1.54) is 24.4 Å². The molecule has 0 N–H and O–H groups in total. The third kappa shape index (κ3) is 3.16. The first kappa shape index (κ1) is 12.8. The summed E-state index contributed by atoms with van der Waals surface area (Å²) >= 11 is 0. The van der Waals surface area contributed by atoms with E-state index in [9.17, 15) is 15.2 Å². The predicted molar refractivity (Wildman–Crippen MR) is 71.0 cm³/mol. The van der Waals surface area contributed by atoms with Crippen LogP contribution in [0.1, 0.15) is 11.1 Å². The lowest BCUT2D eigenvalue weighted by Gasteiger charge is -2.05. The number of nitrogens with zero attached hydrogens (tertiary/aromatic N) is 2. The molecule has 2 aromatic rings. The Morgan fingerprint density at radius 1 is 1.21 bits per heavy atom. The fraction of sp³-hybridized carbons (Fsp3) is 0.0714. The SMILES string of the molecule is Cc1cccc(N=Cc2ccc([O-])c([N+](=O)[O-])c2)c1. The van der Waals surface area contributed by atoms with Gasteiger partial charge >= 0.3 is 0 Å². The summed E-state index contributed by atoms with van der Waals surface area (Å²) in [7, 11) is 0. The Hall–Kier alpha value is -2.69. The number of nitro benzene ring substituents is 1. The van der Waals surface area contributed by atoms with E-state index in [4.69, 9.17) is 0 Å². The van der Waals surface area contributed by atoms with Crippen molar-refractivity contribution in [1.29, 1.82) is 0 Å². The Morgan fingerprint density at radius 2 is 2.00 bits per heavy atom. The summed E-state index contributed by atoms with van der Waals surface area (Å²) < 4.78 is 0. The second-order valence-corrected chi connectivity index (χ2v) is 4.08. The van der Waals surface area contributed by atoms with Crippen LogP contribution in [-0.4, -0.2) is 11.1 Å². The van der Waals surface area contributed by atoms with Crippen LogP contribution in [0.25, 0.3) is 0 Å². The number of aliphatic imine (C=N–C) groups is 1. The van der Waals surface area contributed by atoms with Crippen LogP contribution < -0.4 is 5.11 Å². The van der Waals surface area contributed by atoms with Crippen LogP contribution in [0.3, 0.4) is 0 Å². The van der Waals surface area contributed by atoms with E-state index in [2.05, 4.69) is 4.99 Å². The van der Waals surface area contributed by atoms with Gasteiger partial charge in [-0.25, -0.2) is 0 Å². The standard InChI is InChI=1S/C14H12N2O3/c1-10-3-2-4-12(7-10)15-9-11-5-6-14(17)13(8-11)16(18)19/h2-9,17H,1H3/p-1. The van der Waals surface area contributed by atoms with Gasteiger partial charge in [0.05, 0.1) is 10.6 Å². The van der Waals surface area contributed by atoms with E-state index in [0.29, 0.717) is 5.56 Å². The summed E-state index contributed by atoms with van der Waals surface area (Å²) in [5.41, 5.74) is 1.92. The lowest BCUT2D eigenvalue weighted by atomic mass is 10.2. The van der Waals surface area contributed by atoms with E-state index in [0.717, 1.165) is 11.3 Å². The third-order valence-corrected chi connectivity index (χ3v) is 2.54. The van der Waals surface area contributed by atoms with Gasteiger partial charge in [0.2, 0.25) is 0 Å². The van der Waals surface area contributed by atoms with E-state index < -0.39 is 16.4 Å². The lowest BCUT2D eigenvalue weighted by molar-refractivity contribution is -0.398. The highest BCUT2D eigenvalue weighted by atomic mass is 16.6. The van der Waals surface area contributed by atoms with Gasteiger partial charge in [0, 0.05) is 12.3 Å². The number of aryl methyl sites for hydroxylation is 1. The molecule has 2 aromatic carbocycles. The van der Waals surface area contributed by atoms with E-state index >= 15 is 0 Å². The van der Waals surface area contributed by atoms with Crippen LogP contribution in [0.5, 0.6) is 5.75 Å². The minimum atomic E-state index is -0.688. The average molecular weight is 255 g/mol. The van der Waals surface area contributed by atoms with E-state index in [1.54, 1.807) is 0 Å². The van der Waals surface area contributed by atoms with Crippen molar-refractivity contribution in [2.24, 2.45) is 4.99 Å². The molecule has 5 heteroatoms. The highest BCUT2D eigenvalue weighted by molar-refractivity contribution is 5.83. The largest absolute Gasteiger partial charge is 0.868 e. The number of hydrogen-bond acceptors (Lipinski definition) is 4. The molecule has 0 amide bonds. The Morgan fingerprint density at radius 3 is 2.68 bits per heavy atom. The number of hydrogen-bond donors (Lipinski definition) is 0. The van der Waals surface area contributed by atoms with Crippen LogP contribution in [-0.2, 0) is 0 Å². The average Bonchev–Trinajstić information content (AvgIpc) is 2.37. The van der Waals surface area contributed by atoms with Gasteiger partial charge in [-0.2, -0.15) is 0 Å². The summed E-state index contributed by atoms with van der Waals surface area (Å²) in [5.74, 6) is -0.599. The molecule has 0 unspecified atom stereocenters. The van der Waals surface area contributed by atoms with Gasteiger partial charge in [-0.1, -0.05) is 24.3 Å². The second-order valence-electron chi connectivity index (χ2n) is 4.08. The van der Waals surface area contributed by atoms with Crippen molar-refractivity contribution in [3.8, 4) is 5.75 Å². The molecule has 0 atom stereocenters. The van der Waals surface area contributed by atoms with Gasteiger partial charge in [-0.05, 0) is 35.9 Å². The quantitative estimate of drug-likeness (QED) is 0.480. The fourth-order valence-corrected chi connectivity index (χ4v) is 1.61. The zero-order valence-electron chi connectivity index (χ0n) is 10.2. The van der Waals surface area contributed by atoms with Crippen molar-refractivity contribution in [1.82, 2.24) is 0 Å². The topological polar surface area (TPSA) is 78.6 Å². The second kappa shape index (κ2) is 5.30. The van der Waals surface area contributed by atoms with Crippen molar-refractivity contribution in [3.63, 3.8) is 0 Å². The third-order valence-electron chi connectivity index (χ3n) is 2.54. The van der Waals surface area contributed by atoms with Crippen molar-refractivity contribution in [2.45, 2.75) is 6.92 Å². The first-order chi connectivity index (χ1) is 9.06. The molecule has 0 bridgehead atoms. The Bertz CT molecular complexity index is 651. The molecule has 0 aliphatic heterocycles. The fourth-order valence-electron chi connectivity index (χ4n) is 1.61. The van der Waals surface area contributed by atoms with Gasteiger partial charge < -0.3 is 5.11 Å². The molecule has 0 aliphatic carbocycles. The maximum atomic E-state index is 11.2. The molecular weight excluding hydrogens is 244 g/mol. The minimum Gasteiger partial charge on any atom is -0.868 e. The molecule has 0 spiro atoms. The summed E-state index contributed by atoms with van der Waals surface area (Å²) in [6, 6.07) is 11.5. The molecule has 0 fully saturated rings. The first-order valence-electron chi connectivity index (χ1n) is 5.62. The smallest absolute Gasteiger partial charge is 0.262 e. The number of rotatable bonds is 3. The van der Waals surface area contributed by atoms with Crippen LogP contribution in [0.15, 0.2) is 47.5 Å². The maximum absolute atomic E-state index is 11.2. The minimum absolute atomic E-state index is 0.437. The molecule has 0 saturated carbocycles. The molecule has 0 heterocycles. The zero-order chi connectivity index (χ0) is 13.8. The Kier molecular flexibility index (Phi) is 3.56. The Balaban J connectivity index is 2.29. The van der Waals surface area contributed by atoms with Crippen LogP contribution in [0, 0.1) is 17.0 Å². The van der Waals surface area contributed by atoms with Crippen molar-refractivity contribution < 1.29 is 10.0 Å². The maximum Gasteiger partial charge on any atom is 0.262 e. The summed E-state index contributed by atoms with van der Waals surface area (Å²) in [6.45, 7) is 1.95. The zero-order valence-corrected chi connectivity index (χ0v) is 10.2. The van der Waals surface area contributed by atoms with Crippen molar-refractivity contribution >= 4 is 17.6 Å². The van der Waals surface area contributed by atoms with E-state index in [1.807, 2.05) is 31.2 Å². The molecule has 19 heavy (non-hydrogen) atoms. The van der Waals surface area contributed by atoms with Crippen molar-refractivity contribution in [3.05, 3.63) is 63.7 Å². The summed E-state index contributed by atoms with van der Waals surface area (Å²) in [5, 5.41) is 21.9. The molecule has 0 radical (unpaired) electrons. The molecule has 5 nitrogen and oxygen atoms in total. The van der Waals surface area contributed by atoms with Crippen LogP contribution in [0.4, 0.5) is 11.4 Å². The molecule has 2 rings (SSSR count). The Labute approximate surface area is 110 Å². The van der Waals surface area contributed by atoms with Gasteiger partial charge in [0.25, 0.3) is 5.69 Å². The summed E-state index contributed by atoms with van der Waals surface area (Å²) in [6.07, 6.45) is 1.50. The number of benzene rings is 2. The van der Waals surface area contributed by atoms with Gasteiger partial charge in [0.15, 0.2) is 0 Å². The normalized spacial score (nSPS) is 10.8. The monoisotopic (exact) mass is 255 g/mol. The first-order valence-corrected chi connectivity index (χ1v) is 5.62. The van der Waals surface area contributed by atoms with Crippen LogP contribution >= 0.6 is 0 Å². The van der Waals surface area contributed by atoms with Gasteiger partial charge in [-0.15, -0.1) is 0 Å². The highest BCUT2D eigenvalue weighted by Gasteiger charge is 2.06. The molecule has 96 valence electrons. The van der Waals surface area contributed by atoms with Crippen LogP contribution in [0.2, 0.25) is 0 Å². The predicted octanol–water partition coefficient (Wildman–Crippen LogP) is 2.73. The molecule has 0 aromatic heterocycles. The highest BCUT2D eigenvalue weighted by Crippen LogP contribution is 2.23. The van der Waals surface area contributed by atoms with Crippen molar-refractivity contribution in [2.75, 3.05) is 0 Å². The number of nitro groups is 1. The lowest BCUT2D eigenvalue weighted by Crippen LogP contribution is -1.98. The molecule has 0 aliphatic rings. The summed E-state index contributed by atoms with van der Waals surface area (Å²) in [4.78, 5) is 14.2. The molecule has 0 saturated heterocycles. The molecular formula is C14H11N2O3-. The van der Waals surface area contributed by atoms with Gasteiger partial charge in [-0.3, -0.25) is 15.1 Å². The van der Waals surface area contributed by atoms with Gasteiger partial charge in [0.1, 0.15) is 0 Å². The van der Waals surface area contributed by atoms with E-state index in [-0.39, 0.29) is 0 Å².